The van der Waals surface area contributed by atoms with Crippen molar-refractivity contribution >= 4 is 47.2 Å². The minimum Gasteiger partial charge on any atom is -0.245 e. The smallest absolute Gasteiger partial charge is 0.111 e. The Kier molecular flexibility index (Phi) is 7.27. The van der Waals surface area contributed by atoms with E-state index in [0.717, 1.165) is 0 Å². The van der Waals surface area contributed by atoms with Gasteiger partial charge in [-0.25, -0.2) is 8.46 Å². The lowest BCUT2D eigenvalue weighted by molar-refractivity contribution is 1.58. The maximum absolute atomic E-state index is 2.36. The molecule has 0 saturated carbocycles. The molecular weight excluding hydrogens is 522 g/mol. The molecule has 6 aromatic rings. The first-order chi connectivity index (χ1) is 20.9. The van der Waals surface area contributed by atoms with E-state index in [4.69, 9.17) is 0 Å². The van der Waals surface area contributed by atoms with Gasteiger partial charge in [0.1, 0.15) is 5.87 Å². The number of benzene rings is 6. The van der Waals surface area contributed by atoms with Gasteiger partial charge < -0.3 is 0 Å². The Bertz CT molecular complexity index is 1750. The summed E-state index contributed by atoms with van der Waals surface area (Å²) in [5.41, 5.74) is 11.9. The monoisotopic (exact) mass is 553 g/mol. The summed E-state index contributed by atoms with van der Waals surface area (Å²) in [6.07, 6.45) is 0. The zero-order chi connectivity index (χ0) is 28.2. The molecule has 42 heavy (non-hydrogen) atoms. The van der Waals surface area contributed by atoms with Gasteiger partial charge in [0.15, 0.2) is 0 Å². The predicted molar refractivity (Wildman–Crippen MR) is 186 cm³/mol. The highest BCUT2D eigenvalue weighted by molar-refractivity contribution is 7.96. The van der Waals surface area contributed by atoms with E-state index in [0.29, 0.717) is 8.46 Å². The average molecular weight is 553 g/mol. The summed E-state index contributed by atoms with van der Waals surface area (Å²) < 4.78 is 0. The number of hydrogen-bond donors (Lipinski definition) is 0. The van der Waals surface area contributed by atoms with Crippen molar-refractivity contribution in [2.45, 2.75) is 0 Å². The van der Waals surface area contributed by atoms with Crippen LogP contribution >= 0.6 is 8.46 Å². The van der Waals surface area contributed by atoms with Crippen molar-refractivity contribution < 1.29 is 0 Å². The molecule has 1 aliphatic heterocycles. The molecule has 0 nitrogen and oxygen atoms in total. The summed E-state index contributed by atoms with van der Waals surface area (Å²) >= 11 is 0. The summed E-state index contributed by atoms with van der Waals surface area (Å²) in [6.45, 7) is 0. The summed E-state index contributed by atoms with van der Waals surface area (Å²) in [6, 6.07) is 66.7. The van der Waals surface area contributed by atoms with Gasteiger partial charge in [0.05, 0.1) is 0 Å². The Balaban J connectivity index is 1.72. The maximum Gasteiger partial charge on any atom is 0.111 e. The molecule has 0 bridgehead atoms. The zero-order valence-electron chi connectivity index (χ0n) is 23.4. The zero-order valence-corrected chi connectivity index (χ0v) is 24.4. The van der Waals surface area contributed by atoms with Gasteiger partial charge >= 0.3 is 0 Å². The van der Waals surface area contributed by atoms with Crippen LogP contribution in [0.1, 0.15) is 22.3 Å². The molecule has 2 heteroatoms. The molecule has 0 N–H and O–H groups in total. The fourth-order valence-corrected chi connectivity index (χ4v) is 8.92. The van der Waals surface area contributed by atoms with E-state index < -0.39 is 5.87 Å². The number of rotatable bonds is 7. The van der Waals surface area contributed by atoms with E-state index >= 15 is 0 Å². The Morgan fingerprint density at radius 1 is 0.310 bits per heavy atom. The van der Waals surface area contributed by atoms with E-state index in [1.54, 1.807) is 0 Å². The van der Waals surface area contributed by atoms with Crippen molar-refractivity contribution in [2.24, 2.45) is 0 Å². The molecule has 1 unspecified atom stereocenters. The van der Waals surface area contributed by atoms with Gasteiger partial charge in [0, 0.05) is 0 Å². The highest BCUT2D eigenvalue weighted by atomic mass is 31.1. The van der Waals surface area contributed by atoms with E-state index in [1.807, 2.05) is 0 Å². The molecule has 200 valence electrons. The molecular formula is C40H31BP-. The van der Waals surface area contributed by atoms with Crippen LogP contribution in [-0.4, -0.2) is 5.87 Å². The van der Waals surface area contributed by atoms with Gasteiger partial charge in [0.25, 0.3) is 0 Å². The minimum atomic E-state index is -1.45. The average Bonchev–Trinajstić information content (AvgIpc) is 3.39. The van der Waals surface area contributed by atoms with Crippen LogP contribution in [0.25, 0.3) is 22.1 Å². The van der Waals surface area contributed by atoms with Crippen molar-refractivity contribution in [1.82, 2.24) is 0 Å². The van der Waals surface area contributed by atoms with E-state index in [-0.39, 0.29) is 0 Å². The fraction of sp³-hybridized carbons (Fsp3) is 0. The van der Waals surface area contributed by atoms with Crippen molar-refractivity contribution in [2.75, 3.05) is 0 Å². The molecule has 0 saturated heterocycles. The first kappa shape index (κ1) is 26.2. The van der Waals surface area contributed by atoms with Crippen molar-refractivity contribution in [1.29, 1.82) is 0 Å². The molecule has 6 aromatic carbocycles. The molecule has 1 aliphatic rings. The summed E-state index contributed by atoms with van der Waals surface area (Å²) in [5.74, 6) is -1.45. The normalized spacial score (nSPS) is 14.6. The Labute approximate surface area is 250 Å². The second kappa shape index (κ2) is 11.7. The third kappa shape index (κ3) is 4.67. The van der Waals surface area contributed by atoms with Gasteiger partial charge in [-0.05, 0) is 22.3 Å². The van der Waals surface area contributed by atoms with Crippen LogP contribution in [-0.2, 0) is 0 Å². The molecule has 0 aromatic heterocycles. The first-order valence-electron chi connectivity index (χ1n) is 14.6. The lowest BCUT2D eigenvalue weighted by Crippen LogP contribution is -2.47. The summed E-state index contributed by atoms with van der Waals surface area (Å²) in [5, 5.41) is 1.37. The second-order valence-corrected chi connectivity index (χ2v) is 12.6. The standard InChI is InChI=1S/C40H31BP/c1-7-19-31(20-8-1)37-38(32-21-9-2-10-22-32)40(34-25-13-4-14-26-34)41(35-27-15-5-16-28-35,42-36-29-17-6-18-30-36)39(37)33-23-11-3-12-24-33/h1-30,42H/q-1. The van der Waals surface area contributed by atoms with Crippen LogP contribution in [0.15, 0.2) is 182 Å². The minimum absolute atomic E-state index is 0.526. The first-order valence-corrected chi connectivity index (χ1v) is 15.7. The Morgan fingerprint density at radius 2 is 0.619 bits per heavy atom. The highest BCUT2D eigenvalue weighted by Crippen LogP contribution is 2.60. The molecule has 0 radical (unpaired) electrons. The van der Waals surface area contributed by atoms with Crippen LogP contribution in [0.5, 0.6) is 0 Å². The molecule has 1 heterocycles. The molecule has 7 rings (SSSR count). The van der Waals surface area contributed by atoms with Crippen LogP contribution in [0.2, 0.25) is 0 Å². The lowest BCUT2D eigenvalue weighted by atomic mass is 9.33. The van der Waals surface area contributed by atoms with E-state index in [2.05, 4.69) is 182 Å². The SMILES string of the molecule is c1ccc(P[B-]2(c3ccccc3)C(c3ccccc3)=C(c3ccccc3)C(c3ccccc3)=C2c2ccccc2)cc1. The molecule has 0 fully saturated rings. The summed E-state index contributed by atoms with van der Waals surface area (Å²) in [7, 11) is 0.526. The van der Waals surface area contributed by atoms with Crippen molar-refractivity contribution in [3.8, 4) is 0 Å². The molecule has 1 atom stereocenters. The van der Waals surface area contributed by atoms with Crippen molar-refractivity contribution in [3.63, 3.8) is 0 Å². The van der Waals surface area contributed by atoms with Gasteiger partial charge in [-0.3, -0.25) is 0 Å². The number of hydrogen-bond acceptors (Lipinski definition) is 0. The van der Waals surface area contributed by atoms with E-state index in [1.165, 1.54) is 55.1 Å². The molecule has 0 spiro atoms. The van der Waals surface area contributed by atoms with Gasteiger partial charge in [-0.15, -0.1) is 0 Å². The predicted octanol–water partition coefficient (Wildman–Crippen LogP) is 9.16. The fourth-order valence-electron chi connectivity index (χ4n) is 6.77. The largest absolute Gasteiger partial charge is 0.245 e. The third-order valence-electron chi connectivity index (χ3n) is 8.41. The summed E-state index contributed by atoms with van der Waals surface area (Å²) in [4.78, 5) is 0. The third-order valence-corrected chi connectivity index (χ3v) is 10.4. The van der Waals surface area contributed by atoms with Crippen LogP contribution in [0.4, 0.5) is 0 Å². The van der Waals surface area contributed by atoms with Crippen LogP contribution < -0.4 is 10.8 Å². The Morgan fingerprint density at radius 3 is 1.00 bits per heavy atom. The van der Waals surface area contributed by atoms with Crippen LogP contribution in [0, 0.1) is 0 Å². The second-order valence-electron chi connectivity index (χ2n) is 10.8. The van der Waals surface area contributed by atoms with Gasteiger partial charge in [-0.1, -0.05) is 198 Å². The van der Waals surface area contributed by atoms with Crippen molar-refractivity contribution in [3.05, 3.63) is 204 Å². The Hall–Kier alpha value is -4.71. The van der Waals surface area contributed by atoms with Gasteiger partial charge in [0.2, 0.25) is 0 Å². The van der Waals surface area contributed by atoms with Gasteiger partial charge in [-0.2, -0.15) is 16.4 Å². The van der Waals surface area contributed by atoms with Crippen LogP contribution in [0.3, 0.4) is 0 Å². The quantitative estimate of drug-likeness (QED) is 0.137. The lowest BCUT2D eigenvalue weighted by Gasteiger charge is -2.45. The molecule has 0 aliphatic carbocycles. The topological polar surface area (TPSA) is 0 Å². The molecule has 0 amide bonds. The van der Waals surface area contributed by atoms with E-state index in [9.17, 15) is 0 Å². The number of allylic oxidation sites excluding steroid dienone is 2. The maximum atomic E-state index is 2.36. The highest BCUT2D eigenvalue weighted by Gasteiger charge is 2.43.